The Kier molecular flexibility index (Phi) is 6.75. The first-order chi connectivity index (χ1) is 10.2. The summed E-state index contributed by atoms with van der Waals surface area (Å²) in [4.78, 5) is 4.38. The molecule has 1 aliphatic rings. The summed E-state index contributed by atoms with van der Waals surface area (Å²) in [6.07, 6.45) is 14.7. The highest BCUT2D eigenvalue weighted by Crippen LogP contribution is 2.25. The lowest BCUT2D eigenvalue weighted by Gasteiger charge is -2.29. The van der Waals surface area contributed by atoms with Gasteiger partial charge in [-0.25, -0.2) is 4.98 Å². The van der Waals surface area contributed by atoms with E-state index in [0.717, 1.165) is 12.5 Å². The summed E-state index contributed by atoms with van der Waals surface area (Å²) in [7, 11) is 0. The topological polar surface area (TPSA) is 29.9 Å². The minimum absolute atomic E-state index is 0.511. The first kappa shape index (κ1) is 16.5. The zero-order valence-corrected chi connectivity index (χ0v) is 14.1. The van der Waals surface area contributed by atoms with Crippen LogP contribution in [0.25, 0.3) is 0 Å². The van der Waals surface area contributed by atoms with Gasteiger partial charge in [-0.1, -0.05) is 39.5 Å². The zero-order chi connectivity index (χ0) is 15.1. The number of nitrogens with zero attached hydrogens (tertiary/aromatic N) is 2. The van der Waals surface area contributed by atoms with Crippen molar-refractivity contribution in [3.05, 3.63) is 18.2 Å². The normalized spacial score (nSPS) is 22.9. The van der Waals surface area contributed by atoms with E-state index < -0.39 is 0 Å². The van der Waals surface area contributed by atoms with Crippen molar-refractivity contribution in [3.8, 4) is 0 Å². The van der Waals surface area contributed by atoms with Gasteiger partial charge in [0.15, 0.2) is 0 Å². The largest absolute Gasteiger partial charge is 0.333 e. The second-order valence-corrected chi connectivity index (χ2v) is 7.16. The van der Waals surface area contributed by atoms with Crippen LogP contribution in [0.1, 0.15) is 83.9 Å². The van der Waals surface area contributed by atoms with E-state index in [-0.39, 0.29) is 0 Å². The molecule has 1 N–H and O–H groups in total. The molecule has 0 bridgehead atoms. The van der Waals surface area contributed by atoms with Crippen LogP contribution >= 0.6 is 0 Å². The van der Waals surface area contributed by atoms with E-state index in [2.05, 4.69) is 41.8 Å². The number of aromatic nitrogens is 2. The van der Waals surface area contributed by atoms with Crippen LogP contribution in [-0.2, 0) is 6.54 Å². The summed E-state index contributed by atoms with van der Waals surface area (Å²) in [6.45, 7) is 8.05. The molecule has 1 saturated heterocycles. The van der Waals surface area contributed by atoms with E-state index >= 15 is 0 Å². The van der Waals surface area contributed by atoms with E-state index in [1.807, 2.05) is 6.33 Å². The maximum absolute atomic E-state index is 4.38. The third-order valence-electron chi connectivity index (χ3n) is 4.65. The van der Waals surface area contributed by atoms with Crippen molar-refractivity contribution in [1.82, 2.24) is 14.9 Å². The maximum Gasteiger partial charge on any atom is 0.0948 e. The Bertz CT molecular complexity index is 397. The minimum atomic E-state index is 0.511. The van der Waals surface area contributed by atoms with Gasteiger partial charge in [-0.15, -0.1) is 0 Å². The lowest BCUT2D eigenvalue weighted by molar-refractivity contribution is 0.328. The summed E-state index contributed by atoms with van der Waals surface area (Å²) in [5.74, 6) is 0.851. The molecule has 1 fully saturated rings. The second kappa shape index (κ2) is 8.57. The number of hydrogen-bond donors (Lipinski definition) is 1. The molecule has 3 heteroatoms. The van der Waals surface area contributed by atoms with Crippen LogP contribution in [0.4, 0.5) is 0 Å². The molecule has 1 aromatic heterocycles. The molecule has 0 spiro atoms. The molecular formula is C18H33N3. The monoisotopic (exact) mass is 291 g/mol. The van der Waals surface area contributed by atoms with E-state index in [9.17, 15) is 0 Å². The third kappa shape index (κ3) is 5.46. The van der Waals surface area contributed by atoms with Gasteiger partial charge in [-0.3, -0.25) is 0 Å². The Morgan fingerprint density at radius 1 is 1.24 bits per heavy atom. The average molecular weight is 291 g/mol. The van der Waals surface area contributed by atoms with Crippen LogP contribution in [-0.4, -0.2) is 15.6 Å². The second-order valence-electron chi connectivity index (χ2n) is 7.16. The fourth-order valence-electron chi connectivity index (χ4n) is 3.37. The fraction of sp³-hybridized carbons (Fsp3) is 0.833. The Hall–Kier alpha value is -0.830. The third-order valence-corrected chi connectivity index (χ3v) is 4.65. The predicted octanol–water partition coefficient (Wildman–Crippen LogP) is 4.69. The quantitative estimate of drug-likeness (QED) is 0.704. The molecule has 0 amide bonds. The number of aryl methyl sites for hydroxylation is 1. The van der Waals surface area contributed by atoms with Crippen molar-refractivity contribution in [2.75, 3.05) is 0 Å². The smallest absolute Gasteiger partial charge is 0.0948 e. The molecule has 2 atom stereocenters. The van der Waals surface area contributed by atoms with Crippen LogP contribution in [0.15, 0.2) is 12.5 Å². The summed E-state index contributed by atoms with van der Waals surface area (Å²) in [5, 5.41) is 3.72. The Balaban J connectivity index is 1.73. The molecule has 0 aliphatic carbocycles. The Morgan fingerprint density at radius 3 is 2.81 bits per heavy atom. The van der Waals surface area contributed by atoms with Gasteiger partial charge >= 0.3 is 0 Å². The number of hydrogen-bond acceptors (Lipinski definition) is 2. The van der Waals surface area contributed by atoms with Crippen molar-refractivity contribution in [3.63, 3.8) is 0 Å². The van der Waals surface area contributed by atoms with E-state index in [4.69, 9.17) is 0 Å². The molecule has 120 valence electrons. The average Bonchev–Trinajstić information content (AvgIpc) is 2.91. The summed E-state index contributed by atoms with van der Waals surface area (Å²) in [5.41, 5.74) is 1.39. The van der Waals surface area contributed by atoms with Crippen molar-refractivity contribution < 1.29 is 0 Å². The minimum Gasteiger partial charge on any atom is -0.333 e. The Labute approximate surface area is 130 Å². The van der Waals surface area contributed by atoms with Crippen molar-refractivity contribution in [1.29, 1.82) is 0 Å². The van der Waals surface area contributed by atoms with Gasteiger partial charge in [0.05, 0.1) is 12.0 Å². The van der Waals surface area contributed by atoms with Gasteiger partial charge < -0.3 is 9.88 Å². The molecule has 1 aliphatic heterocycles. The lowest BCUT2D eigenvalue weighted by Crippen LogP contribution is -2.35. The number of piperidine rings is 1. The molecule has 0 aromatic carbocycles. The molecule has 2 heterocycles. The number of nitrogens with one attached hydrogen (secondary N) is 1. The lowest BCUT2D eigenvalue weighted by atomic mass is 9.97. The zero-order valence-electron chi connectivity index (χ0n) is 14.1. The molecule has 2 unspecified atom stereocenters. The first-order valence-electron chi connectivity index (χ1n) is 8.93. The molecule has 1 aromatic rings. The van der Waals surface area contributed by atoms with Crippen LogP contribution in [0.3, 0.4) is 0 Å². The Morgan fingerprint density at radius 2 is 2.05 bits per heavy atom. The molecule has 21 heavy (non-hydrogen) atoms. The molecule has 0 saturated carbocycles. The standard InChI is InChI=1S/C18H33N3/c1-15(2)9-6-4-5-7-12-21-14-19-13-18(21)17-11-8-10-16(3)20-17/h13-17,20H,4-12H2,1-3H3. The maximum atomic E-state index is 4.38. The van der Waals surface area contributed by atoms with Crippen LogP contribution in [0, 0.1) is 5.92 Å². The van der Waals surface area contributed by atoms with Gasteiger partial charge in [-0.2, -0.15) is 0 Å². The number of unbranched alkanes of at least 4 members (excludes halogenated alkanes) is 3. The molecule has 0 radical (unpaired) electrons. The molecule has 2 rings (SSSR count). The summed E-state index contributed by atoms with van der Waals surface area (Å²) in [6, 6.07) is 1.15. The SMILES string of the molecule is CC(C)CCCCCCn1cncc1C1CCCC(C)N1. The van der Waals surface area contributed by atoms with Gasteiger partial charge in [-0.05, 0) is 38.5 Å². The van der Waals surface area contributed by atoms with Crippen molar-refractivity contribution in [2.45, 2.75) is 90.8 Å². The highest BCUT2D eigenvalue weighted by atomic mass is 15.1. The first-order valence-corrected chi connectivity index (χ1v) is 8.93. The van der Waals surface area contributed by atoms with Gasteiger partial charge in [0, 0.05) is 24.8 Å². The van der Waals surface area contributed by atoms with Crippen LogP contribution < -0.4 is 5.32 Å². The van der Waals surface area contributed by atoms with Crippen molar-refractivity contribution in [2.24, 2.45) is 5.92 Å². The van der Waals surface area contributed by atoms with Gasteiger partial charge in [0.25, 0.3) is 0 Å². The van der Waals surface area contributed by atoms with E-state index in [1.54, 1.807) is 0 Å². The van der Waals surface area contributed by atoms with Gasteiger partial charge in [0.2, 0.25) is 0 Å². The highest BCUT2D eigenvalue weighted by molar-refractivity contribution is 5.07. The number of rotatable bonds is 8. The van der Waals surface area contributed by atoms with E-state index in [0.29, 0.717) is 12.1 Å². The predicted molar refractivity (Wildman–Crippen MR) is 89.3 cm³/mol. The van der Waals surface area contributed by atoms with Gasteiger partial charge in [0.1, 0.15) is 0 Å². The van der Waals surface area contributed by atoms with Crippen molar-refractivity contribution >= 4 is 0 Å². The van der Waals surface area contributed by atoms with Crippen LogP contribution in [0.5, 0.6) is 0 Å². The fourth-order valence-corrected chi connectivity index (χ4v) is 3.37. The highest BCUT2D eigenvalue weighted by Gasteiger charge is 2.21. The molecular weight excluding hydrogens is 258 g/mol. The summed E-state index contributed by atoms with van der Waals surface area (Å²) < 4.78 is 2.37. The van der Waals surface area contributed by atoms with Crippen LogP contribution in [0.2, 0.25) is 0 Å². The van der Waals surface area contributed by atoms with E-state index in [1.165, 1.54) is 57.1 Å². The molecule has 3 nitrogen and oxygen atoms in total. The number of imidazole rings is 1. The summed E-state index contributed by atoms with van der Waals surface area (Å²) >= 11 is 0.